The number of nitrogens with zero attached hydrogens (tertiary/aromatic N) is 2. The molecule has 7 nitrogen and oxygen atoms in total. The highest BCUT2D eigenvalue weighted by Gasteiger charge is 2.39. The number of aliphatic hydroxyl groups excluding tert-OH is 1. The number of anilines is 2. The Morgan fingerprint density at radius 2 is 1.60 bits per heavy atom. The molecule has 1 aliphatic heterocycles. The maximum atomic E-state index is 14.3. The molecule has 4 atom stereocenters. The second-order valence-electron chi connectivity index (χ2n) is 9.87. The first-order valence-corrected chi connectivity index (χ1v) is 14.9. The molecule has 5 rings (SSSR count). The molecule has 40 heavy (non-hydrogen) atoms. The first-order valence-electron chi connectivity index (χ1n) is 13.4. The van der Waals surface area contributed by atoms with Crippen LogP contribution >= 0.6 is 0 Å². The lowest BCUT2D eigenvalue weighted by Gasteiger charge is -2.41. The van der Waals surface area contributed by atoms with Crippen molar-refractivity contribution in [3.8, 4) is 17.2 Å². The second kappa shape index (κ2) is 11.7. The standard InChI is InChI=1S/C29H32F3N3O4S/c1-2-19-33-40(37,21-17-15-20(16-18-21)39-29(30,31)32)34-22-9-3-4-12-25(28(22)36)35-23-10-5-7-13-26(23)38-27-14-8-6-11-24(27)35/h5-8,10-11,13-18,22,25,28,36H,2-4,9,12,19H2,1H3,(H,33,34,37)/t22-,25+,28+,40?/m1/s1. The van der Waals surface area contributed by atoms with Crippen molar-refractivity contribution in [2.45, 2.75) is 68.5 Å². The Labute approximate surface area is 232 Å². The molecule has 11 heteroatoms. The normalized spacial score (nSPS) is 22.2. The van der Waals surface area contributed by atoms with Crippen LogP contribution < -0.4 is 19.1 Å². The van der Waals surface area contributed by atoms with E-state index in [0.717, 1.165) is 36.3 Å². The summed E-state index contributed by atoms with van der Waals surface area (Å²) in [4.78, 5) is 2.33. The van der Waals surface area contributed by atoms with Crippen LogP contribution in [0.4, 0.5) is 24.5 Å². The van der Waals surface area contributed by atoms with Crippen molar-refractivity contribution in [1.82, 2.24) is 4.72 Å². The third-order valence-corrected chi connectivity index (χ3v) is 9.14. The summed E-state index contributed by atoms with van der Waals surface area (Å²) in [5.41, 5.74) is 1.67. The highest BCUT2D eigenvalue weighted by atomic mass is 32.2. The van der Waals surface area contributed by atoms with Crippen LogP contribution in [0.2, 0.25) is 0 Å². The largest absolute Gasteiger partial charge is 0.573 e. The van der Waals surface area contributed by atoms with Crippen LogP contribution in [0.15, 0.2) is 82.1 Å². The van der Waals surface area contributed by atoms with Crippen molar-refractivity contribution in [3.63, 3.8) is 0 Å². The number of hydrogen-bond acceptors (Lipinski definition) is 6. The number of nitrogens with one attached hydrogen (secondary N) is 1. The minimum Gasteiger partial charge on any atom is -0.453 e. The van der Waals surface area contributed by atoms with Gasteiger partial charge in [0.15, 0.2) is 11.5 Å². The quantitative estimate of drug-likeness (QED) is 0.298. The van der Waals surface area contributed by atoms with Crippen molar-refractivity contribution >= 4 is 21.3 Å². The van der Waals surface area contributed by atoms with Gasteiger partial charge < -0.3 is 19.5 Å². The average molecular weight is 576 g/mol. The van der Waals surface area contributed by atoms with Crippen LogP contribution in [-0.2, 0) is 9.92 Å². The fourth-order valence-electron chi connectivity index (χ4n) is 5.26. The van der Waals surface area contributed by atoms with Gasteiger partial charge in [-0.1, -0.05) is 44.0 Å². The van der Waals surface area contributed by atoms with E-state index in [9.17, 15) is 22.5 Å². The van der Waals surface area contributed by atoms with E-state index in [1.54, 1.807) is 0 Å². The number of aliphatic hydroxyl groups is 1. The summed E-state index contributed by atoms with van der Waals surface area (Å²) in [6, 6.07) is 19.3. The van der Waals surface area contributed by atoms with E-state index in [1.165, 1.54) is 12.1 Å². The van der Waals surface area contributed by atoms with Gasteiger partial charge in [-0.2, -0.15) is 0 Å². The Balaban J connectivity index is 1.47. The Hall–Kier alpha value is -3.28. The summed E-state index contributed by atoms with van der Waals surface area (Å²) in [6.45, 7) is 2.18. The number of fused-ring (bicyclic) bond motifs is 2. The Morgan fingerprint density at radius 3 is 2.20 bits per heavy atom. The molecular formula is C29H32F3N3O4S. The van der Waals surface area contributed by atoms with Gasteiger partial charge in [-0.15, -0.1) is 13.2 Å². The van der Waals surface area contributed by atoms with Gasteiger partial charge in [0, 0.05) is 12.6 Å². The fourth-order valence-corrected chi connectivity index (χ4v) is 7.23. The van der Waals surface area contributed by atoms with Gasteiger partial charge >= 0.3 is 6.36 Å². The number of para-hydroxylation sites is 4. The first kappa shape index (κ1) is 28.3. The van der Waals surface area contributed by atoms with E-state index in [-0.39, 0.29) is 17.5 Å². The van der Waals surface area contributed by atoms with Crippen molar-refractivity contribution in [2.75, 3.05) is 11.4 Å². The monoisotopic (exact) mass is 575 g/mol. The molecule has 1 heterocycles. The molecule has 0 radical (unpaired) electrons. The van der Waals surface area contributed by atoms with Gasteiger partial charge in [0.25, 0.3) is 0 Å². The molecule has 1 aliphatic carbocycles. The second-order valence-corrected chi connectivity index (χ2v) is 11.9. The zero-order chi connectivity index (χ0) is 28.3. The fraction of sp³-hybridized carbons (Fsp3) is 0.379. The van der Waals surface area contributed by atoms with Crippen LogP contribution in [0.5, 0.6) is 17.2 Å². The third-order valence-electron chi connectivity index (χ3n) is 7.06. The lowest BCUT2D eigenvalue weighted by Crippen LogP contribution is -2.52. The SMILES string of the molecule is CCCN=S(=O)(N[C@@H]1CCCC[C@H](N2c3ccccc3Oc3ccccc32)[C@H]1O)c1ccc(OC(F)(F)F)cc1. The summed E-state index contributed by atoms with van der Waals surface area (Å²) in [6.07, 6.45) is -2.25. The number of rotatable bonds is 7. The van der Waals surface area contributed by atoms with Crippen LogP contribution in [0, 0.1) is 0 Å². The molecule has 2 N–H and O–H groups in total. The molecule has 1 saturated carbocycles. The summed E-state index contributed by atoms with van der Waals surface area (Å²) >= 11 is 0. The van der Waals surface area contributed by atoms with E-state index >= 15 is 0 Å². The maximum absolute atomic E-state index is 14.3. The number of halogens is 3. The van der Waals surface area contributed by atoms with E-state index in [1.807, 2.05) is 55.5 Å². The highest BCUT2D eigenvalue weighted by molar-refractivity contribution is 7.91. The van der Waals surface area contributed by atoms with Crippen molar-refractivity contribution in [2.24, 2.45) is 4.36 Å². The number of hydrogen-bond donors (Lipinski definition) is 2. The summed E-state index contributed by atoms with van der Waals surface area (Å²) in [5, 5.41) is 11.9. The molecule has 3 aromatic carbocycles. The Kier molecular flexibility index (Phi) is 8.25. The van der Waals surface area contributed by atoms with E-state index in [0.29, 0.717) is 30.8 Å². The predicted molar refractivity (Wildman–Crippen MR) is 147 cm³/mol. The molecule has 0 spiro atoms. The molecule has 3 aromatic rings. The summed E-state index contributed by atoms with van der Waals surface area (Å²) in [5.74, 6) is 0.961. The van der Waals surface area contributed by atoms with E-state index in [4.69, 9.17) is 4.74 Å². The highest BCUT2D eigenvalue weighted by Crippen LogP contribution is 2.49. The van der Waals surface area contributed by atoms with Crippen LogP contribution in [0.3, 0.4) is 0 Å². The van der Waals surface area contributed by atoms with Gasteiger partial charge in [-0.25, -0.2) is 13.3 Å². The first-order chi connectivity index (χ1) is 19.2. The zero-order valence-corrected chi connectivity index (χ0v) is 22.8. The summed E-state index contributed by atoms with van der Waals surface area (Å²) in [7, 11) is -3.28. The number of alkyl halides is 3. The molecule has 1 fully saturated rings. The Bertz CT molecular complexity index is 1400. The lowest BCUT2D eigenvalue weighted by molar-refractivity contribution is -0.274. The van der Waals surface area contributed by atoms with Crippen LogP contribution in [0.1, 0.15) is 39.0 Å². The molecule has 0 saturated heterocycles. The molecule has 0 aromatic heterocycles. The van der Waals surface area contributed by atoms with E-state index in [2.05, 4.69) is 18.7 Å². The van der Waals surface area contributed by atoms with Crippen molar-refractivity contribution in [1.29, 1.82) is 0 Å². The van der Waals surface area contributed by atoms with Crippen LogP contribution in [-0.4, -0.2) is 40.4 Å². The predicted octanol–water partition coefficient (Wildman–Crippen LogP) is 6.94. The molecule has 1 unspecified atom stereocenters. The molecule has 0 amide bonds. The molecular weight excluding hydrogens is 543 g/mol. The Morgan fingerprint density at radius 1 is 1.00 bits per heavy atom. The average Bonchev–Trinajstić information content (AvgIpc) is 3.11. The van der Waals surface area contributed by atoms with Crippen molar-refractivity contribution < 1.29 is 32.0 Å². The minimum atomic E-state index is -4.83. The van der Waals surface area contributed by atoms with Gasteiger partial charge in [-0.05, 0) is 67.8 Å². The smallest absolute Gasteiger partial charge is 0.453 e. The molecule has 2 aliphatic rings. The zero-order valence-electron chi connectivity index (χ0n) is 22.0. The van der Waals surface area contributed by atoms with Gasteiger partial charge in [0.2, 0.25) is 0 Å². The van der Waals surface area contributed by atoms with Gasteiger partial charge in [0.05, 0.1) is 28.4 Å². The van der Waals surface area contributed by atoms with Gasteiger partial charge in [0.1, 0.15) is 15.7 Å². The van der Waals surface area contributed by atoms with E-state index < -0.39 is 34.2 Å². The minimum absolute atomic E-state index is 0.227. The topological polar surface area (TPSA) is 83.4 Å². The summed E-state index contributed by atoms with van der Waals surface area (Å²) < 4.78 is 69.9. The van der Waals surface area contributed by atoms with Crippen LogP contribution in [0.25, 0.3) is 0 Å². The number of ether oxygens (including phenoxy) is 2. The maximum Gasteiger partial charge on any atom is 0.573 e. The van der Waals surface area contributed by atoms with Gasteiger partial charge in [-0.3, -0.25) is 0 Å². The lowest BCUT2D eigenvalue weighted by atomic mass is 9.98. The van der Waals surface area contributed by atoms with Crippen molar-refractivity contribution in [3.05, 3.63) is 72.8 Å². The number of benzene rings is 3. The third kappa shape index (κ3) is 6.06. The molecule has 214 valence electrons. The molecule has 0 bridgehead atoms.